The second-order valence-electron chi connectivity index (χ2n) is 8.81. The van der Waals surface area contributed by atoms with E-state index in [2.05, 4.69) is 27.9 Å². The van der Waals surface area contributed by atoms with Crippen LogP contribution in [0.1, 0.15) is 24.8 Å². The molecule has 0 bridgehead atoms. The van der Waals surface area contributed by atoms with E-state index in [9.17, 15) is 19.1 Å². The van der Waals surface area contributed by atoms with Crippen molar-refractivity contribution in [3.63, 3.8) is 0 Å². The van der Waals surface area contributed by atoms with E-state index in [-0.39, 0.29) is 49.7 Å². The number of rotatable bonds is 9. The number of para-hydroxylation sites is 1. The topological polar surface area (TPSA) is 99.1 Å². The summed E-state index contributed by atoms with van der Waals surface area (Å²) in [6.45, 7) is 0.0638. The summed E-state index contributed by atoms with van der Waals surface area (Å²) < 4.78 is 20.4. The van der Waals surface area contributed by atoms with Crippen molar-refractivity contribution in [1.29, 1.82) is 0 Å². The van der Waals surface area contributed by atoms with E-state index in [1.54, 1.807) is 29.2 Å². The van der Waals surface area contributed by atoms with Crippen LogP contribution in [0, 0.1) is 15.3 Å². The summed E-state index contributed by atoms with van der Waals surface area (Å²) in [5, 5.41) is 23.2. The highest BCUT2D eigenvalue weighted by atomic mass is 127. The molecule has 0 aliphatic heterocycles. The third-order valence-corrected chi connectivity index (χ3v) is 7.08. The first-order valence-electron chi connectivity index (χ1n) is 11.6. The number of amides is 2. The van der Waals surface area contributed by atoms with Gasteiger partial charge in [0, 0.05) is 31.0 Å². The number of aliphatic hydroxyl groups excluding tert-OH is 2. The Morgan fingerprint density at radius 1 is 1.14 bits per heavy atom. The van der Waals surface area contributed by atoms with Crippen molar-refractivity contribution < 1.29 is 28.9 Å². The van der Waals surface area contributed by atoms with Gasteiger partial charge >= 0.3 is 0 Å². The minimum atomic E-state index is -1.09. The second-order valence-corrected chi connectivity index (χ2v) is 9.98. The van der Waals surface area contributed by atoms with Gasteiger partial charge in [0.1, 0.15) is 23.8 Å². The Kier molecular flexibility index (Phi) is 8.40. The fourth-order valence-corrected chi connectivity index (χ4v) is 4.69. The third-order valence-electron chi connectivity index (χ3n) is 6.19. The van der Waals surface area contributed by atoms with E-state index in [1.165, 1.54) is 12.1 Å². The highest BCUT2D eigenvalue weighted by Gasteiger charge is 2.43. The van der Waals surface area contributed by atoms with Crippen LogP contribution in [0.4, 0.5) is 4.39 Å². The first kappa shape index (κ1) is 25.6. The summed E-state index contributed by atoms with van der Waals surface area (Å²) in [6, 6.07) is 12.5. The lowest BCUT2D eigenvalue weighted by Crippen LogP contribution is -2.55. The molecule has 3 N–H and O–H groups in total. The van der Waals surface area contributed by atoms with Crippen molar-refractivity contribution >= 4 is 34.4 Å². The molecule has 2 aromatic rings. The van der Waals surface area contributed by atoms with Crippen LogP contribution in [0.15, 0.2) is 60.2 Å². The van der Waals surface area contributed by atoms with Crippen molar-refractivity contribution in [3.05, 3.63) is 75.1 Å². The molecule has 35 heavy (non-hydrogen) atoms. The molecular weight excluding hydrogens is 566 g/mol. The van der Waals surface area contributed by atoms with Gasteiger partial charge in [-0.25, -0.2) is 4.39 Å². The number of hydrogen-bond donors (Lipinski definition) is 3. The van der Waals surface area contributed by atoms with Crippen molar-refractivity contribution in [2.24, 2.45) is 5.92 Å². The highest BCUT2D eigenvalue weighted by molar-refractivity contribution is 14.1. The average molecular weight is 594 g/mol. The molecule has 0 saturated heterocycles. The molecule has 2 aliphatic rings. The molecule has 2 aliphatic carbocycles. The first-order valence-corrected chi connectivity index (χ1v) is 12.7. The highest BCUT2D eigenvalue weighted by Crippen LogP contribution is 2.36. The largest absolute Gasteiger partial charge is 0.482 e. The molecule has 3 atom stereocenters. The van der Waals surface area contributed by atoms with Crippen LogP contribution in [0.2, 0.25) is 0 Å². The predicted octanol–water partition coefficient (Wildman–Crippen LogP) is 2.78. The third kappa shape index (κ3) is 6.39. The maximum atomic E-state index is 13.5. The Morgan fingerprint density at radius 2 is 1.86 bits per heavy atom. The van der Waals surface area contributed by atoms with Gasteiger partial charge in [-0.05, 0) is 71.3 Å². The Hall–Kier alpha value is -2.50. The minimum absolute atomic E-state index is 0.0891. The molecule has 0 unspecified atom stereocenters. The van der Waals surface area contributed by atoms with Crippen molar-refractivity contribution in [2.75, 3.05) is 13.2 Å². The van der Waals surface area contributed by atoms with Gasteiger partial charge in [0.15, 0.2) is 0 Å². The van der Waals surface area contributed by atoms with Crippen LogP contribution in [0.5, 0.6) is 5.75 Å². The zero-order valence-electron chi connectivity index (χ0n) is 19.1. The molecule has 0 radical (unpaired) electrons. The first-order chi connectivity index (χ1) is 16.9. The van der Waals surface area contributed by atoms with Gasteiger partial charge in [0.25, 0.3) is 0 Å². The second kappa shape index (κ2) is 11.5. The van der Waals surface area contributed by atoms with Gasteiger partial charge in [-0.3, -0.25) is 9.59 Å². The molecule has 1 fully saturated rings. The van der Waals surface area contributed by atoms with E-state index in [4.69, 9.17) is 9.84 Å². The molecular formula is C26H28FIN2O5. The van der Waals surface area contributed by atoms with Crippen LogP contribution in [0.3, 0.4) is 0 Å². The van der Waals surface area contributed by atoms with Gasteiger partial charge in [0.05, 0.1) is 16.2 Å². The molecule has 2 aromatic carbocycles. The van der Waals surface area contributed by atoms with Crippen molar-refractivity contribution in [1.82, 2.24) is 10.2 Å². The SMILES string of the molecule is O=C(NCCO)C1=C[C@H](Oc2ccccc2I)[C@@H](O)[C@H](N(Cc2ccc(F)cc2)C(=O)C2CC2)C1. The summed E-state index contributed by atoms with van der Waals surface area (Å²) in [4.78, 5) is 27.8. The van der Waals surface area contributed by atoms with E-state index in [0.717, 1.165) is 22.0 Å². The molecule has 0 aromatic heterocycles. The molecule has 0 heterocycles. The number of benzene rings is 2. The van der Waals surface area contributed by atoms with Crippen LogP contribution in [-0.4, -0.2) is 58.3 Å². The lowest BCUT2D eigenvalue weighted by molar-refractivity contribution is -0.140. The molecule has 0 spiro atoms. The lowest BCUT2D eigenvalue weighted by atomic mass is 9.87. The maximum absolute atomic E-state index is 13.5. The van der Waals surface area contributed by atoms with Gasteiger partial charge in [-0.1, -0.05) is 24.3 Å². The van der Waals surface area contributed by atoms with Gasteiger partial charge in [-0.2, -0.15) is 0 Å². The quantitative estimate of drug-likeness (QED) is 0.388. The molecule has 9 heteroatoms. The minimum Gasteiger partial charge on any atom is -0.482 e. The Bertz CT molecular complexity index is 1090. The van der Waals surface area contributed by atoms with Gasteiger partial charge < -0.3 is 25.2 Å². The normalized spacial score (nSPS) is 21.7. The van der Waals surface area contributed by atoms with Crippen molar-refractivity contribution in [2.45, 2.75) is 44.1 Å². The number of carbonyl (C=O) groups excluding carboxylic acids is 2. The number of ether oxygens (including phenoxy) is 1. The zero-order valence-corrected chi connectivity index (χ0v) is 21.2. The smallest absolute Gasteiger partial charge is 0.247 e. The average Bonchev–Trinajstić information content (AvgIpc) is 3.70. The standard InChI is InChI=1S/C26H28FIN2O5/c27-19-9-5-16(6-10-19)15-30(26(34)17-7-8-17)21-13-18(25(33)29-11-12-31)14-23(24(21)32)35-22-4-2-1-3-20(22)28/h1-6,9-10,14,17,21,23-24,31-32H,7-8,11-13,15H2,(H,29,33)/t21-,23+,24+/m1/s1. The summed E-state index contributed by atoms with van der Waals surface area (Å²) in [5.41, 5.74) is 1.10. The molecule has 1 saturated carbocycles. The Morgan fingerprint density at radius 3 is 2.51 bits per heavy atom. The number of hydrogen-bond acceptors (Lipinski definition) is 5. The number of carbonyl (C=O) groups is 2. The fraction of sp³-hybridized carbons (Fsp3) is 0.385. The number of halogens is 2. The van der Waals surface area contributed by atoms with Crippen LogP contribution in [0.25, 0.3) is 0 Å². The summed E-state index contributed by atoms with van der Waals surface area (Å²) >= 11 is 2.13. The number of nitrogens with zero attached hydrogens (tertiary/aromatic N) is 1. The number of nitrogens with one attached hydrogen (secondary N) is 1. The van der Waals surface area contributed by atoms with E-state index in [1.807, 2.05) is 18.2 Å². The molecule has 7 nitrogen and oxygen atoms in total. The van der Waals surface area contributed by atoms with E-state index >= 15 is 0 Å². The summed E-state index contributed by atoms with van der Waals surface area (Å²) in [7, 11) is 0. The van der Waals surface area contributed by atoms with Crippen LogP contribution in [-0.2, 0) is 16.1 Å². The van der Waals surface area contributed by atoms with Crippen molar-refractivity contribution in [3.8, 4) is 5.75 Å². The predicted molar refractivity (Wildman–Crippen MR) is 136 cm³/mol. The fourth-order valence-electron chi connectivity index (χ4n) is 4.18. The molecule has 186 valence electrons. The maximum Gasteiger partial charge on any atom is 0.247 e. The summed E-state index contributed by atoms with van der Waals surface area (Å²) in [6.07, 6.45) is 1.32. The monoisotopic (exact) mass is 594 g/mol. The molecule has 4 rings (SSSR count). The Labute approximate surface area is 217 Å². The Balaban J connectivity index is 1.66. The van der Waals surface area contributed by atoms with Gasteiger partial charge in [-0.15, -0.1) is 0 Å². The van der Waals surface area contributed by atoms with Crippen LogP contribution < -0.4 is 10.1 Å². The molecule has 2 amide bonds. The van der Waals surface area contributed by atoms with E-state index in [0.29, 0.717) is 11.3 Å². The number of aliphatic hydroxyl groups is 2. The summed E-state index contributed by atoms with van der Waals surface area (Å²) in [5.74, 6) is -0.406. The van der Waals surface area contributed by atoms with Crippen LogP contribution >= 0.6 is 22.6 Å². The van der Waals surface area contributed by atoms with E-state index < -0.39 is 18.2 Å². The van der Waals surface area contributed by atoms with Gasteiger partial charge in [0.2, 0.25) is 11.8 Å². The lowest BCUT2D eigenvalue weighted by Gasteiger charge is -2.40. The zero-order chi connectivity index (χ0) is 24.9.